The van der Waals surface area contributed by atoms with Crippen molar-refractivity contribution in [1.82, 2.24) is 0 Å². The van der Waals surface area contributed by atoms with Crippen LogP contribution < -0.4 is 0 Å². The summed E-state index contributed by atoms with van der Waals surface area (Å²) in [7, 11) is 0. The van der Waals surface area contributed by atoms with Gasteiger partial charge in [-0.25, -0.2) is 0 Å². The van der Waals surface area contributed by atoms with E-state index in [9.17, 15) is 0 Å². The number of halogens is 1. The van der Waals surface area contributed by atoms with Crippen LogP contribution in [0.2, 0.25) is 0 Å². The predicted molar refractivity (Wildman–Crippen MR) is 71.2 cm³/mol. The van der Waals surface area contributed by atoms with Crippen molar-refractivity contribution in [3.63, 3.8) is 0 Å². The van der Waals surface area contributed by atoms with E-state index in [0.717, 1.165) is 6.92 Å². The molecule has 0 radical (unpaired) electrons. The summed E-state index contributed by atoms with van der Waals surface area (Å²) < 4.78 is 1.30. The molecule has 0 aromatic heterocycles. The lowest BCUT2D eigenvalue weighted by Gasteiger charge is -2.18. The Bertz CT molecular complexity index is 305. The third kappa shape index (κ3) is 7.36. The topological polar surface area (TPSA) is 37.3 Å². The van der Waals surface area contributed by atoms with Gasteiger partial charge >= 0.3 is 0 Å². The van der Waals surface area contributed by atoms with Crippen molar-refractivity contribution >= 4 is 28.6 Å². The van der Waals surface area contributed by atoms with Gasteiger partial charge in [-0.15, -0.1) is 0 Å². The highest BCUT2D eigenvalue weighted by atomic mass is 127. The molecular weight excluding hydrogens is 303 g/mol. The van der Waals surface area contributed by atoms with Crippen LogP contribution in [-0.4, -0.2) is 11.1 Å². The van der Waals surface area contributed by atoms with E-state index in [1.165, 1.54) is 9.13 Å². The van der Waals surface area contributed by atoms with Crippen molar-refractivity contribution < 1.29 is 9.90 Å². The molecule has 1 N–H and O–H groups in total. The van der Waals surface area contributed by atoms with E-state index in [-0.39, 0.29) is 5.41 Å². The third-order valence-electron chi connectivity index (χ3n) is 1.71. The lowest BCUT2D eigenvalue weighted by atomic mass is 9.87. The highest BCUT2D eigenvalue weighted by Crippen LogP contribution is 2.22. The van der Waals surface area contributed by atoms with Gasteiger partial charge in [0.05, 0.1) is 0 Å². The molecule has 3 heteroatoms. The van der Waals surface area contributed by atoms with E-state index in [4.69, 9.17) is 9.90 Å². The number of hydrogen-bond acceptors (Lipinski definition) is 1. The fourth-order valence-electron chi connectivity index (χ4n) is 0.950. The van der Waals surface area contributed by atoms with Crippen molar-refractivity contribution in [2.75, 3.05) is 0 Å². The van der Waals surface area contributed by atoms with Gasteiger partial charge in [-0.3, -0.25) is 4.79 Å². The number of carbonyl (C=O) groups is 1. The van der Waals surface area contributed by atoms with Gasteiger partial charge < -0.3 is 5.11 Å². The van der Waals surface area contributed by atoms with Crippen LogP contribution in [0.5, 0.6) is 0 Å². The highest BCUT2D eigenvalue weighted by molar-refractivity contribution is 14.1. The smallest absolute Gasteiger partial charge is 0.300 e. The fourth-order valence-corrected chi connectivity index (χ4v) is 1.31. The standard InChI is InChI=1S/C10H13I.C2H4O2/c1-10(2,3)8-4-6-9(11)7-5-8;1-2(3)4/h4-7H,1-3H3;1H3,(H,3,4). The molecule has 0 aliphatic carbocycles. The molecule has 0 atom stereocenters. The van der Waals surface area contributed by atoms with Crippen LogP contribution in [0, 0.1) is 3.57 Å². The maximum absolute atomic E-state index is 9.00. The summed E-state index contributed by atoms with van der Waals surface area (Å²) in [5.74, 6) is -0.833. The Hall–Kier alpha value is -0.580. The van der Waals surface area contributed by atoms with E-state index < -0.39 is 5.97 Å². The van der Waals surface area contributed by atoms with Crippen molar-refractivity contribution in [3.8, 4) is 0 Å². The average molecular weight is 320 g/mol. The summed E-state index contributed by atoms with van der Waals surface area (Å²) in [4.78, 5) is 9.00. The quantitative estimate of drug-likeness (QED) is 0.741. The first-order valence-corrected chi connectivity index (χ1v) is 5.77. The lowest BCUT2D eigenvalue weighted by Crippen LogP contribution is -2.10. The fraction of sp³-hybridized carbons (Fsp3) is 0.417. The zero-order valence-electron chi connectivity index (χ0n) is 9.54. The van der Waals surface area contributed by atoms with Crippen molar-refractivity contribution in [2.45, 2.75) is 33.1 Å². The zero-order chi connectivity index (χ0) is 12.1. The van der Waals surface area contributed by atoms with Gasteiger partial charge in [0.1, 0.15) is 0 Å². The van der Waals surface area contributed by atoms with Crippen molar-refractivity contribution in [3.05, 3.63) is 33.4 Å². The van der Waals surface area contributed by atoms with Crippen molar-refractivity contribution in [2.24, 2.45) is 0 Å². The van der Waals surface area contributed by atoms with E-state index >= 15 is 0 Å². The molecule has 1 rings (SSSR count). The van der Waals surface area contributed by atoms with Crippen LogP contribution in [-0.2, 0) is 10.2 Å². The number of aliphatic carboxylic acids is 1. The van der Waals surface area contributed by atoms with Crippen LogP contribution in [0.3, 0.4) is 0 Å². The van der Waals surface area contributed by atoms with Gasteiger partial charge in [-0.2, -0.15) is 0 Å². The summed E-state index contributed by atoms with van der Waals surface area (Å²) in [6.07, 6.45) is 0. The highest BCUT2D eigenvalue weighted by Gasteiger charge is 2.12. The van der Waals surface area contributed by atoms with E-state index in [2.05, 4.69) is 67.6 Å². The minimum Gasteiger partial charge on any atom is -0.481 e. The van der Waals surface area contributed by atoms with Crippen LogP contribution in [0.4, 0.5) is 0 Å². The molecule has 0 spiro atoms. The van der Waals surface area contributed by atoms with Crippen LogP contribution in [0.1, 0.15) is 33.3 Å². The zero-order valence-corrected chi connectivity index (χ0v) is 11.7. The number of hydrogen-bond donors (Lipinski definition) is 1. The molecule has 0 aliphatic rings. The van der Waals surface area contributed by atoms with Gasteiger partial charge in [-0.05, 0) is 45.7 Å². The number of carboxylic acid groups (broad SMARTS) is 1. The Morgan fingerprint density at radius 3 is 1.80 bits per heavy atom. The molecule has 0 saturated carbocycles. The summed E-state index contributed by atoms with van der Waals surface area (Å²) in [5, 5.41) is 7.42. The van der Waals surface area contributed by atoms with E-state index in [1.807, 2.05) is 0 Å². The first kappa shape index (κ1) is 14.4. The largest absolute Gasteiger partial charge is 0.481 e. The van der Waals surface area contributed by atoms with Crippen LogP contribution in [0.15, 0.2) is 24.3 Å². The Kier molecular flexibility index (Phi) is 5.87. The SMILES string of the molecule is CC(=O)O.CC(C)(C)c1ccc(I)cc1. The van der Waals surface area contributed by atoms with Crippen molar-refractivity contribution in [1.29, 1.82) is 0 Å². The first-order valence-electron chi connectivity index (χ1n) is 4.69. The van der Waals surface area contributed by atoms with Crippen LogP contribution >= 0.6 is 22.6 Å². The summed E-state index contributed by atoms with van der Waals surface area (Å²) in [6, 6.07) is 8.70. The number of carboxylic acids is 1. The molecule has 0 saturated heterocycles. The van der Waals surface area contributed by atoms with E-state index in [0.29, 0.717) is 0 Å². The monoisotopic (exact) mass is 320 g/mol. The van der Waals surface area contributed by atoms with Gasteiger partial charge in [0.25, 0.3) is 5.97 Å². The van der Waals surface area contributed by atoms with E-state index in [1.54, 1.807) is 0 Å². The first-order chi connectivity index (χ1) is 6.73. The molecule has 0 fully saturated rings. The molecule has 0 amide bonds. The molecule has 2 nitrogen and oxygen atoms in total. The Labute approximate surface area is 105 Å². The molecule has 0 aliphatic heterocycles. The maximum Gasteiger partial charge on any atom is 0.300 e. The molecule has 84 valence electrons. The molecule has 0 bridgehead atoms. The second-order valence-electron chi connectivity index (χ2n) is 4.28. The minimum atomic E-state index is -0.833. The molecular formula is C12H17IO2. The van der Waals surface area contributed by atoms with Gasteiger partial charge in [0.2, 0.25) is 0 Å². The number of benzene rings is 1. The second-order valence-corrected chi connectivity index (χ2v) is 5.52. The normalized spacial score (nSPS) is 10.2. The molecule has 0 unspecified atom stereocenters. The second kappa shape index (κ2) is 6.10. The maximum atomic E-state index is 9.00. The molecule has 15 heavy (non-hydrogen) atoms. The van der Waals surface area contributed by atoms with Gasteiger partial charge in [-0.1, -0.05) is 32.9 Å². The summed E-state index contributed by atoms with van der Waals surface area (Å²) >= 11 is 2.32. The Morgan fingerprint density at radius 2 is 1.53 bits per heavy atom. The Morgan fingerprint density at radius 1 is 1.20 bits per heavy atom. The third-order valence-corrected chi connectivity index (χ3v) is 2.43. The summed E-state index contributed by atoms with van der Waals surface area (Å²) in [6.45, 7) is 7.78. The van der Waals surface area contributed by atoms with Crippen LogP contribution in [0.25, 0.3) is 0 Å². The predicted octanol–water partition coefficient (Wildman–Crippen LogP) is 3.68. The molecule has 1 aromatic carbocycles. The molecule has 1 aromatic rings. The summed E-state index contributed by atoms with van der Waals surface area (Å²) in [5.41, 5.74) is 1.68. The average Bonchev–Trinajstić information content (AvgIpc) is 2.01. The lowest BCUT2D eigenvalue weighted by molar-refractivity contribution is -0.134. The Balaban J connectivity index is 0.000000423. The van der Waals surface area contributed by atoms with Gasteiger partial charge in [0.15, 0.2) is 0 Å². The van der Waals surface area contributed by atoms with Gasteiger partial charge in [0, 0.05) is 10.5 Å². The minimum absolute atomic E-state index is 0.282. The number of rotatable bonds is 0. The molecule has 0 heterocycles.